The first-order valence-corrected chi connectivity index (χ1v) is 3.23. The highest BCUT2D eigenvalue weighted by Gasteiger charge is 2.09. The van der Waals surface area contributed by atoms with Crippen molar-refractivity contribution >= 4 is 7.85 Å². The molecule has 0 aromatic heterocycles. The number of allylic oxidation sites excluding steroid dienone is 2. The van der Waals surface area contributed by atoms with Crippen LogP contribution < -0.4 is 0 Å². The lowest BCUT2D eigenvalue weighted by atomic mass is 10.1. The highest BCUT2D eigenvalue weighted by molar-refractivity contribution is 6.08. The third kappa shape index (κ3) is 2.61. The van der Waals surface area contributed by atoms with E-state index < -0.39 is 4.92 Å². The summed E-state index contributed by atoms with van der Waals surface area (Å²) in [4.78, 5) is 11.4. The van der Waals surface area contributed by atoms with Crippen LogP contribution in [0.1, 0.15) is 13.8 Å². The lowest BCUT2D eigenvalue weighted by molar-refractivity contribution is -0.426. The van der Waals surface area contributed by atoms with Crippen LogP contribution in [0.5, 0.6) is 0 Å². The molecule has 0 saturated carbocycles. The minimum Gasteiger partial charge on any atom is -0.382 e. The fraction of sp³-hybridized carbons (Fsp3) is 0.667. The summed E-state index contributed by atoms with van der Waals surface area (Å²) in [6.45, 7) is 3.13. The molecular weight excluding hydrogens is 143 g/mol. The molecule has 0 aliphatic heterocycles. The van der Waals surface area contributed by atoms with Crippen LogP contribution in [0.2, 0.25) is 0 Å². The maximum Gasteiger partial charge on any atom is 0.261 e. The number of hydrogen-bond donors (Lipinski definition) is 0. The van der Waals surface area contributed by atoms with Crippen molar-refractivity contribution in [2.75, 3.05) is 13.5 Å². The zero-order chi connectivity index (χ0) is 9.02. The minimum atomic E-state index is -0.415. The predicted molar refractivity (Wildman–Crippen MR) is 43.8 cm³/mol. The van der Waals surface area contributed by atoms with Gasteiger partial charge >= 0.3 is 0 Å². The Morgan fingerprint density at radius 3 is 2.36 bits per heavy atom. The monoisotopic (exact) mass is 154 g/mol. The van der Waals surface area contributed by atoms with E-state index in [0.29, 0.717) is 5.70 Å². The van der Waals surface area contributed by atoms with Crippen molar-refractivity contribution in [3.05, 3.63) is 21.5 Å². The van der Waals surface area contributed by atoms with Crippen LogP contribution >= 0.6 is 0 Å². The van der Waals surface area contributed by atoms with Crippen LogP contribution in [0.25, 0.3) is 0 Å². The maximum absolute atomic E-state index is 10.2. The fourth-order valence-corrected chi connectivity index (χ4v) is 0.545. The molecule has 5 heteroatoms. The van der Waals surface area contributed by atoms with Crippen molar-refractivity contribution in [3.8, 4) is 0 Å². The van der Waals surface area contributed by atoms with Crippen molar-refractivity contribution in [1.29, 1.82) is 0 Å². The second kappa shape index (κ2) is 4.00. The Hall–Kier alpha value is -0.995. The van der Waals surface area contributed by atoms with Gasteiger partial charge in [0.25, 0.3) is 5.70 Å². The molecule has 0 saturated heterocycles. The van der Waals surface area contributed by atoms with Crippen molar-refractivity contribution in [1.82, 2.24) is 4.90 Å². The third-order valence-electron chi connectivity index (χ3n) is 1.64. The molecule has 2 radical (unpaired) electrons. The molecule has 0 aliphatic carbocycles. The van der Waals surface area contributed by atoms with Gasteiger partial charge < -0.3 is 4.90 Å². The Balaban J connectivity index is 4.51. The van der Waals surface area contributed by atoms with Crippen molar-refractivity contribution < 1.29 is 4.92 Å². The largest absolute Gasteiger partial charge is 0.382 e. The molecule has 0 unspecified atom stereocenters. The van der Waals surface area contributed by atoms with Crippen LogP contribution in [0.3, 0.4) is 0 Å². The molecule has 60 valence electrons. The van der Waals surface area contributed by atoms with Gasteiger partial charge in [-0.05, 0) is 13.4 Å². The van der Waals surface area contributed by atoms with Gasteiger partial charge in [0.05, 0.1) is 18.5 Å². The van der Waals surface area contributed by atoms with E-state index in [4.69, 9.17) is 7.85 Å². The molecule has 0 aromatic rings. The second-order valence-corrected chi connectivity index (χ2v) is 2.31. The zero-order valence-electron chi connectivity index (χ0n) is 7.00. The molecule has 0 fully saturated rings. The van der Waals surface area contributed by atoms with Gasteiger partial charge in [-0.25, -0.2) is 0 Å². The van der Waals surface area contributed by atoms with Crippen LogP contribution in [-0.2, 0) is 0 Å². The summed E-state index contributed by atoms with van der Waals surface area (Å²) in [5.74, 6) is 0. The van der Waals surface area contributed by atoms with Crippen LogP contribution in [-0.4, -0.2) is 31.2 Å². The Morgan fingerprint density at radius 1 is 1.64 bits per heavy atom. The summed E-state index contributed by atoms with van der Waals surface area (Å²) in [5.41, 5.74) is 0.732. The second-order valence-electron chi connectivity index (χ2n) is 2.31. The van der Waals surface area contributed by atoms with Crippen molar-refractivity contribution in [2.45, 2.75) is 13.8 Å². The van der Waals surface area contributed by atoms with Gasteiger partial charge in [-0.1, -0.05) is 0 Å². The van der Waals surface area contributed by atoms with Crippen LogP contribution in [0.4, 0.5) is 0 Å². The van der Waals surface area contributed by atoms with E-state index in [1.54, 1.807) is 18.9 Å². The summed E-state index contributed by atoms with van der Waals surface area (Å²) >= 11 is 0. The standard InChI is InChI=1S/C6H11BN2O2/c1-5(8(3)4-7)6(2)9(10)11/h4H2,1-3H3/b6-5+. The van der Waals surface area contributed by atoms with E-state index in [1.165, 1.54) is 6.92 Å². The van der Waals surface area contributed by atoms with E-state index in [2.05, 4.69) is 0 Å². The molecule has 0 rings (SSSR count). The molecule has 0 amide bonds. The molecule has 4 nitrogen and oxygen atoms in total. The summed E-state index contributed by atoms with van der Waals surface area (Å²) in [6.07, 6.45) is 0.289. The summed E-state index contributed by atoms with van der Waals surface area (Å²) in [5, 5.41) is 10.2. The number of nitrogens with zero attached hydrogens (tertiary/aromatic N) is 2. The fourth-order valence-electron chi connectivity index (χ4n) is 0.545. The first-order valence-electron chi connectivity index (χ1n) is 3.23. The van der Waals surface area contributed by atoms with Crippen molar-refractivity contribution in [3.63, 3.8) is 0 Å². The lowest BCUT2D eigenvalue weighted by Crippen LogP contribution is -2.20. The van der Waals surface area contributed by atoms with Gasteiger partial charge in [0, 0.05) is 14.0 Å². The molecule has 0 spiro atoms. The Kier molecular flexibility index (Phi) is 3.64. The number of rotatable bonds is 3. The highest BCUT2D eigenvalue weighted by Crippen LogP contribution is 2.06. The SMILES string of the molecule is [B]CN(C)/C(C)=C(\C)[N+](=O)[O-]. The summed E-state index contributed by atoms with van der Waals surface area (Å²) in [6, 6.07) is 0. The van der Waals surface area contributed by atoms with Gasteiger partial charge in [0.15, 0.2) is 0 Å². The predicted octanol–water partition coefficient (Wildman–Crippen LogP) is 0.572. The van der Waals surface area contributed by atoms with E-state index >= 15 is 0 Å². The molecule has 0 heterocycles. The topological polar surface area (TPSA) is 46.4 Å². The molecule has 0 aliphatic rings. The van der Waals surface area contributed by atoms with Gasteiger partial charge in [0.1, 0.15) is 0 Å². The van der Waals surface area contributed by atoms with E-state index in [1.807, 2.05) is 0 Å². The quantitative estimate of drug-likeness (QED) is 0.339. The zero-order valence-corrected chi connectivity index (χ0v) is 7.00. The molecule has 0 aromatic carbocycles. The molecule has 11 heavy (non-hydrogen) atoms. The maximum atomic E-state index is 10.2. The average molecular weight is 154 g/mol. The van der Waals surface area contributed by atoms with E-state index in [-0.39, 0.29) is 12.1 Å². The normalized spacial score (nSPS) is 12.3. The average Bonchev–Trinajstić information content (AvgIpc) is 2.00. The molecule has 0 N–H and O–H groups in total. The minimum absolute atomic E-state index is 0.137. The Morgan fingerprint density at radius 2 is 2.09 bits per heavy atom. The number of hydrogen-bond acceptors (Lipinski definition) is 3. The van der Waals surface area contributed by atoms with Crippen LogP contribution in [0, 0.1) is 10.1 Å². The van der Waals surface area contributed by atoms with E-state index in [0.717, 1.165) is 0 Å². The van der Waals surface area contributed by atoms with E-state index in [9.17, 15) is 10.1 Å². The van der Waals surface area contributed by atoms with Crippen LogP contribution in [0.15, 0.2) is 11.4 Å². The number of nitro groups is 1. The summed E-state index contributed by atoms with van der Waals surface area (Å²) in [7, 11) is 6.99. The third-order valence-corrected chi connectivity index (χ3v) is 1.64. The Bertz CT molecular complexity index is 191. The summed E-state index contributed by atoms with van der Waals surface area (Å²) < 4.78 is 0. The first kappa shape index (κ1) is 10.0. The first-order chi connectivity index (χ1) is 5.00. The van der Waals surface area contributed by atoms with Gasteiger partial charge in [-0.15, -0.1) is 0 Å². The van der Waals surface area contributed by atoms with Gasteiger partial charge in [-0.2, -0.15) is 0 Å². The molecule has 0 atom stereocenters. The van der Waals surface area contributed by atoms with Gasteiger partial charge in [0.2, 0.25) is 0 Å². The Labute approximate surface area is 67.4 Å². The smallest absolute Gasteiger partial charge is 0.261 e. The van der Waals surface area contributed by atoms with Crippen molar-refractivity contribution in [2.24, 2.45) is 0 Å². The molecule has 0 bridgehead atoms. The van der Waals surface area contributed by atoms with Gasteiger partial charge in [-0.3, -0.25) is 10.1 Å². The molecular formula is C6H11BN2O2. The lowest BCUT2D eigenvalue weighted by Gasteiger charge is -2.16. The highest BCUT2D eigenvalue weighted by atomic mass is 16.6.